The summed E-state index contributed by atoms with van der Waals surface area (Å²) in [5.74, 6) is -0.111. The Hall–Kier alpha value is -1.65. The van der Waals surface area contributed by atoms with Gasteiger partial charge in [-0.15, -0.1) is 0 Å². The van der Waals surface area contributed by atoms with Gasteiger partial charge in [-0.05, 0) is 24.6 Å². The Bertz CT molecular complexity index is 602. The summed E-state index contributed by atoms with van der Waals surface area (Å²) in [4.78, 5) is 19.7. The third-order valence-electron chi connectivity index (χ3n) is 2.32. The van der Waals surface area contributed by atoms with Crippen LogP contribution >= 0.6 is 23.2 Å². The number of amides is 1. The zero-order chi connectivity index (χ0) is 13.1. The largest absolute Gasteiger partial charge is 0.304 e. The average Bonchev–Trinajstić information content (AvgIpc) is 2.35. The lowest BCUT2D eigenvalue weighted by atomic mass is 10.1. The molecule has 0 radical (unpaired) electrons. The van der Waals surface area contributed by atoms with E-state index in [2.05, 4.69) is 15.3 Å². The van der Waals surface area contributed by atoms with Gasteiger partial charge < -0.3 is 5.32 Å². The fourth-order valence-electron chi connectivity index (χ4n) is 1.32. The Labute approximate surface area is 114 Å². The van der Waals surface area contributed by atoms with Gasteiger partial charge in [0.1, 0.15) is 0 Å². The SMILES string of the molecule is Cc1ccc(C(=O)Nc2nccnc2Cl)cc1Cl. The van der Waals surface area contributed by atoms with Crippen molar-refractivity contribution in [2.45, 2.75) is 6.92 Å². The number of hydrogen-bond donors (Lipinski definition) is 1. The van der Waals surface area contributed by atoms with Gasteiger partial charge in [0, 0.05) is 23.0 Å². The molecule has 1 heterocycles. The fourth-order valence-corrected chi connectivity index (χ4v) is 1.65. The van der Waals surface area contributed by atoms with E-state index in [0.717, 1.165) is 5.56 Å². The molecule has 2 aromatic rings. The van der Waals surface area contributed by atoms with Crippen molar-refractivity contribution in [2.75, 3.05) is 5.32 Å². The van der Waals surface area contributed by atoms with E-state index in [0.29, 0.717) is 10.6 Å². The van der Waals surface area contributed by atoms with Crippen molar-refractivity contribution in [3.63, 3.8) is 0 Å². The maximum atomic E-state index is 11.9. The van der Waals surface area contributed by atoms with Gasteiger partial charge in [-0.2, -0.15) is 0 Å². The van der Waals surface area contributed by atoms with Crippen LogP contribution in [0.2, 0.25) is 10.2 Å². The smallest absolute Gasteiger partial charge is 0.256 e. The number of carbonyl (C=O) groups excluding carboxylic acids is 1. The molecule has 0 saturated carbocycles. The Morgan fingerprint density at radius 3 is 2.61 bits per heavy atom. The zero-order valence-electron chi connectivity index (χ0n) is 9.45. The second kappa shape index (κ2) is 5.33. The summed E-state index contributed by atoms with van der Waals surface area (Å²) in [5.41, 5.74) is 1.35. The molecule has 0 spiro atoms. The van der Waals surface area contributed by atoms with Crippen LogP contribution in [0.1, 0.15) is 15.9 Å². The minimum atomic E-state index is -0.334. The van der Waals surface area contributed by atoms with E-state index >= 15 is 0 Å². The molecule has 1 N–H and O–H groups in total. The first kappa shape index (κ1) is 12.8. The first-order valence-corrected chi connectivity index (χ1v) is 5.87. The Morgan fingerprint density at radius 1 is 1.22 bits per heavy atom. The molecule has 1 aromatic carbocycles. The number of aryl methyl sites for hydroxylation is 1. The van der Waals surface area contributed by atoms with E-state index in [-0.39, 0.29) is 16.9 Å². The molecule has 0 unspecified atom stereocenters. The van der Waals surface area contributed by atoms with Crippen molar-refractivity contribution >= 4 is 34.9 Å². The summed E-state index contributed by atoms with van der Waals surface area (Å²) >= 11 is 11.8. The maximum absolute atomic E-state index is 11.9. The van der Waals surface area contributed by atoms with Crippen LogP contribution in [0.25, 0.3) is 0 Å². The van der Waals surface area contributed by atoms with Crippen molar-refractivity contribution in [2.24, 2.45) is 0 Å². The van der Waals surface area contributed by atoms with Crippen LogP contribution in [0, 0.1) is 6.92 Å². The molecule has 0 fully saturated rings. The van der Waals surface area contributed by atoms with Crippen molar-refractivity contribution < 1.29 is 4.79 Å². The first-order valence-electron chi connectivity index (χ1n) is 5.12. The summed E-state index contributed by atoms with van der Waals surface area (Å²) in [6.45, 7) is 1.86. The summed E-state index contributed by atoms with van der Waals surface area (Å²) in [6, 6.07) is 5.05. The Kier molecular flexibility index (Phi) is 3.79. The monoisotopic (exact) mass is 281 g/mol. The highest BCUT2D eigenvalue weighted by Crippen LogP contribution is 2.19. The van der Waals surface area contributed by atoms with Crippen LogP contribution in [-0.2, 0) is 0 Å². The Morgan fingerprint density at radius 2 is 1.94 bits per heavy atom. The number of carbonyl (C=O) groups is 1. The van der Waals surface area contributed by atoms with Crippen LogP contribution in [-0.4, -0.2) is 15.9 Å². The summed E-state index contributed by atoms with van der Waals surface area (Å²) in [7, 11) is 0. The van der Waals surface area contributed by atoms with E-state index in [1.54, 1.807) is 18.2 Å². The normalized spacial score (nSPS) is 10.2. The van der Waals surface area contributed by atoms with E-state index < -0.39 is 0 Å². The molecule has 1 amide bonds. The van der Waals surface area contributed by atoms with Gasteiger partial charge in [0.15, 0.2) is 11.0 Å². The zero-order valence-corrected chi connectivity index (χ0v) is 11.0. The molecule has 1 aromatic heterocycles. The molecule has 2 rings (SSSR count). The highest BCUT2D eigenvalue weighted by atomic mass is 35.5. The Balaban J connectivity index is 2.22. The summed E-state index contributed by atoms with van der Waals surface area (Å²) in [5, 5.41) is 3.25. The minimum Gasteiger partial charge on any atom is -0.304 e. The standard InChI is InChI=1S/C12H9Cl2N3O/c1-7-2-3-8(6-9(7)13)12(18)17-11-10(14)15-4-5-16-11/h2-6H,1H3,(H,16,17,18). The molecule has 92 valence electrons. The first-order chi connectivity index (χ1) is 8.58. The van der Waals surface area contributed by atoms with Gasteiger partial charge in [0.2, 0.25) is 0 Å². The predicted octanol–water partition coefficient (Wildman–Crippen LogP) is 3.34. The predicted molar refractivity (Wildman–Crippen MR) is 71.2 cm³/mol. The number of hydrogen-bond acceptors (Lipinski definition) is 3. The van der Waals surface area contributed by atoms with Gasteiger partial charge in [0.25, 0.3) is 5.91 Å². The molecule has 0 saturated heterocycles. The number of anilines is 1. The molecule has 0 atom stereocenters. The molecule has 4 nitrogen and oxygen atoms in total. The maximum Gasteiger partial charge on any atom is 0.256 e. The van der Waals surface area contributed by atoms with Crippen molar-refractivity contribution in [1.29, 1.82) is 0 Å². The number of halogens is 2. The number of rotatable bonds is 2. The third kappa shape index (κ3) is 2.78. The van der Waals surface area contributed by atoms with Crippen molar-refractivity contribution in [3.05, 3.63) is 51.9 Å². The minimum absolute atomic E-state index is 0.143. The highest BCUT2D eigenvalue weighted by Gasteiger charge is 2.10. The molecule has 0 aliphatic heterocycles. The van der Waals surface area contributed by atoms with Crippen LogP contribution in [0.15, 0.2) is 30.6 Å². The highest BCUT2D eigenvalue weighted by molar-refractivity contribution is 6.33. The topological polar surface area (TPSA) is 54.9 Å². The lowest BCUT2D eigenvalue weighted by Crippen LogP contribution is -2.13. The number of nitrogens with zero attached hydrogens (tertiary/aromatic N) is 2. The van der Waals surface area contributed by atoms with E-state index in [1.165, 1.54) is 12.4 Å². The summed E-state index contributed by atoms with van der Waals surface area (Å²) < 4.78 is 0. The van der Waals surface area contributed by atoms with Gasteiger partial charge in [-0.1, -0.05) is 29.3 Å². The molecule has 0 aliphatic carbocycles. The van der Waals surface area contributed by atoms with Gasteiger partial charge >= 0.3 is 0 Å². The van der Waals surface area contributed by atoms with Crippen molar-refractivity contribution in [3.8, 4) is 0 Å². The van der Waals surface area contributed by atoms with Gasteiger partial charge in [-0.25, -0.2) is 9.97 Å². The molecule has 6 heteroatoms. The lowest BCUT2D eigenvalue weighted by molar-refractivity contribution is 0.102. The second-order valence-corrected chi connectivity index (χ2v) is 4.38. The van der Waals surface area contributed by atoms with E-state index in [4.69, 9.17) is 23.2 Å². The van der Waals surface area contributed by atoms with Crippen LogP contribution in [0.5, 0.6) is 0 Å². The van der Waals surface area contributed by atoms with Gasteiger partial charge in [-0.3, -0.25) is 4.79 Å². The second-order valence-electron chi connectivity index (χ2n) is 3.61. The van der Waals surface area contributed by atoms with Crippen LogP contribution in [0.3, 0.4) is 0 Å². The molecular formula is C12H9Cl2N3O. The summed E-state index contributed by atoms with van der Waals surface area (Å²) in [6.07, 6.45) is 2.89. The molecule has 0 aliphatic rings. The molecule has 0 bridgehead atoms. The van der Waals surface area contributed by atoms with Crippen LogP contribution < -0.4 is 5.32 Å². The van der Waals surface area contributed by atoms with E-state index in [1.807, 2.05) is 6.92 Å². The van der Waals surface area contributed by atoms with E-state index in [9.17, 15) is 4.79 Å². The average molecular weight is 282 g/mol. The fraction of sp³-hybridized carbons (Fsp3) is 0.0833. The van der Waals surface area contributed by atoms with Gasteiger partial charge in [0.05, 0.1) is 0 Å². The number of benzene rings is 1. The molecular weight excluding hydrogens is 273 g/mol. The van der Waals surface area contributed by atoms with Crippen molar-refractivity contribution in [1.82, 2.24) is 9.97 Å². The number of nitrogens with one attached hydrogen (secondary N) is 1. The van der Waals surface area contributed by atoms with Crippen LogP contribution in [0.4, 0.5) is 5.82 Å². The quantitative estimate of drug-likeness (QED) is 0.919. The third-order valence-corrected chi connectivity index (χ3v) is 3.00. The number of aromatic nitrogens is 2. The molecule has 18 heavy (non-hydrogen) atoms. The lowest BCUT2D eigenvalue weighted by Gasteiger charge is -2.06.